The van der Waals surface area contributed by atoms with Crippen LogP contribution in [0.1, 0.15) is 30.7 Å². The lowest BCUT2D eigenvalue weighted by molar-refractivity contribution is -0.127. The lowest BCUT2D eigenvalue weighted by Gasteiger charge is -2.16. The molecular formula is C17H20N2O4. The van der Waals surface area contributed by atoms with Crippen molar-refractivity contribution >= 4 is 5.91 Å². The van der Waals surface area contributed by atoms with Gasteiger partial charge in [0.2, 0.25) is 0 Å². The summed E-state index contributed by atoms with van der Waals surface area (Å²) in [4.78, 5) is 11.9. The molecule has 0 unspecified atom stereocenters. The second-order valence-corrected chi connectivity index (χ2v) is 5.59. The fraction of sp³-hybridized carbons (Fsp3) is 0.412. The van der Waals surface area contributed by atoms with Crippen molar-refractivity contribution in [3.8, 4) is 11.5 Å². The molecule has 122 valence electrons. The molecule has 6 heteroatoms. The van der Waals surface area contributed by atoms with Crippen LogP contribution in [0.3, 0.4) is 0 Å². The highest BCUT2D eigenvalue weighted by molar-refractivity contribution is 5.81. The molecule has 0 aliphatic carbocycles. The van der Waals surface area contributed by atoms with E-state index in [1.54, 1.807) is 12.1 Å². The van der Waals surface area contributed by atoms with Crippen LogP contribution in [0.2, 0.25) is 0 Å². The minimum absolute atomic E-state index is 0.0384. The van der Waals surface area contributed by atoms with E-state index in [4.69, 9.17) is 14.0 Å². The predicted molar refractivity (Wildman–Crippen MR) is 83.3 cm³/mol. The summed E-state index contributed by atoms with van der Waals surface area (Å²) in [5.74, 6) is 2.01. The lowest BCUT2D eigenvalue weighted by atomic mass is 10.2. The zero-order chi connectivity index (χ0) is 16.1. The summed E-state index contributed by atoms with van der Waals surface area (Å²) in [6, 6.07) is 9.07. The molecular weight excluding hydrogens is 296 g/mol. The fourth-order valence-corrected chi connectivity index (χ4v) is 2.44. The minimum Gasteiger partial charge on any atom is -0.486 e. The molecule has 1 aromatic heterocycles. The molecule has 2 aromatic rings. The van der Waals surface area contributed by atoms with Crippen molar-refractivity contribution in [2.24, 2.45) is 0 Å². The average Bonchev–Trinajstić information content (AvgIpc) is 2.87. The number of benzene rings is 1. The maximum atomic E-state index is 11.9. The number of aromatic nitrogens is 1. The first kappa shape index (κ1) is 15.4. The van der Waals surface area contributed by atoms with Crippen molar-refractivity contribution < 1.29 is 18.8 Å². The second-order valence-electron chi connectivity index (χ2n) is 5.59. The number of rotatable bonds is 5. The third-order valence-corrected chi connectivity index (χ3v) is 3.64. The van der Waals surface area contributed by atoms with Crippen LogP contribution < -0.4 is 14.8 Å². The number of carbonyl (C=O) groups is 1. The predicted octanol–water partition coefficient (Wildman–Crippen LogP) is 2.61. The van der Waals surface area contributed by atoms with E-state index >= 15 is 0 Å². The van der Waals surface area contributed by atoms with Crippen LogP contribution in [0, 0.1) is 6.92 Å². The quantitative estimate of drug-likeness (QED) is 0.918. The van der Waals surface area contributed by atoms with E-state index in [0.717, 1.165) is 31.5 Å². The molecule has 6 nitrogen and oxygen atoms in total. The van der Waals surface area contributed by atoms with Crippen LogP contribution in [0.25, 0.3) is 0 Å². The summed E-state index contributed by atoms with van der Waals surface area (Å²) in [7, 11) is 0. The van der Waals surface area contributed by atoms with Crippen LogP contribution in [0.5, 0.6) is 11.5 Å². The van der Waals surface area contributed by atoms with Crippen molar-refractivity contribution in [3.05, 3.63) is 41.8 Å². The molecule has 2 heterocycles. The maximum absolute atomic E-state index is 11.9. The van der Waals surface area contributed by atoms with Crippen LogP contribution >= 0.6 is 0 Å². The molecule has 1 N–H and O–H groups in total. The number of carbonyl (C=O) groups excluding carboxylic acids is 1. The SMILES string of the molecule is Cc1cc(COc2ccc(O[C@H]3CCCCNC3=O)cc2)on1. The molecule has 1 amide bonds. The molecule has 1 aliphatic rings. The molecule has 1 aromatic carbocycles. The number of hydrogen-bond acceptors (Lipinski definition) is 5. The first-order valence-corrected chi connectivity index (χ1v) is 7.80. The van der Waals surface area contributed by atoms with Crippen molar-refractivity contribution in [2.75, 3.05) is 6.54 Å². The van der Waals surface area contributed by atoms with Gasteiger partial charge in [-0.25, -0.2) is 0 Å². The molecule has 0 radical (unpaired) electrons. The van der Waals surface area contributed by atoms with E-state index in [-0.39, 0.29) is 5.91 Å². The number of nitrogens with zero attached hydrogens (tertiary/aromatic N) is 1. The van der Waals surface area contributed by atoms with Gasteiger partial charge in [-0.3, -0.25) is 4.79 Å². The summed E-state index contributed by atoms with van der Waals surface area (Å²) < 4.78 is 16.5. The molecule has 1 aliphatic heterocycles. The van der Waals surface area contributed by atoms with Crippen molar-refractivity contribution in [2.45, 2.75) is 38.9 Å². The van der Waals surface area contributed by atoms with E-state index in [2.05, 4.69) is 10.5 Å². The Morgan fingerprint density at radius 3 is 2.78 bits per heavy atom. The van der Waals surface area contributed by atoms with E-state index < -0.39 is 6.10 Å². The average molecular weight is 316 g/mol. The van der Waals surface area contributed by atoms with Gasteiger partial charge < -0.3 is 19.3 Å². The van der Waals surface area contributed by atoms with Gasteiger partial charge in [-0.05, 0) is 50.5 Å². The molecule has 0 saturated carbocycles. The van der Waals surface area contributed by atoms with E-state index in [1.807, 2.05) is 25.1 Å². The van der Waals surface area contributed by atoms with Crippen molar-refractivity contribution in [1.82, 2.24) is 10.5 Å². The normalized spacial score (nSPS) is 18.1. The molecule has 1 fully saturated rings. The monoisotopic (exact) mass is 316 g/mol. The number of aryl methyl sites for hydroxylation is 1. The van der Waals surface area contributed by atoms with Crippen molar-refractivity contribution in [3.63, 3.8) is 0 Å². The topological polar surface area (TPSA) is 73.6 Å². The molecule has 1 saturated heterocycles. The summed E-state index contributed by atoms with van der Waals surface area (Å²) in [6.45, 7) is 2.92. The maximum Gasteiger partial charge on any atom is 0.261 e. The smallest absolute Gasteiger partial charge is 0.261 e. The van der Waals surface area contributed by atoms with Gasteiger partial charge in [0.15, 0.2) is 11.9 Å². The molecule has 0 bridgehead atoms. The highest BCUT2D eigenvalue weighted by Crippen LogP contribution is 2.21. The van der Waals surface area contributed by atoms with Gasteiger partial charge in [-0.1, -0.05) is 5.16 Å². The Kier molecular flexibility index (Phi) is 4.80. The van der Waals surface area contributed by atoms with E-state index in [9.17, 15) is 4.79 Å². The zero-order valence-corrected chi connectivity index (χ0v) is 13.1. The molecule has 0 spiro atoms. The fourth-order valence-electron chi connectivity index (χ4n) is 2.44. The van der Waals surface area contributed by atoms with Gasteiger partial charge in [0.25, 0.3) is 5.91 Å². The summed E-state index contributed by atoms with van der Waals surface area (Å²) in [5.41, 5.74) is 0.828. The summed E-state index contributed by atoms with van der Waals surface area (Å²) >= 11 is 0. The Hall–Kier alpha value is -2.50. The number of ether oxygens (including phenoxy) is 2. The third kappa shape index (κ3) is 4.25. The van der Waals surface area contributed by atoms with E-state index in [0.29, 0.717) is 23.9 Å². The lowest BCUT2D eigenvalue weighted by Crippen LogP contribution is -2.36. The molecule has 23 heavy (non-hydrogen) atoms. The first-order valence-electron chi connectivity index (χ1n) is 7.80. The first-order chi connectivity index (χ1) is 11.2. The van der Waals surface area contributed by atoms with Gasteiger partial charge in [0.1, 0.15) is 18.1 Å². The third-order valence-electron chi connectivity index (χ3n) is 3.64. The molecule has 3 rings (SSSR count). The number of hydrogen-bond donors (Lipinski definition) is 1. The summed E-state index contributed by atoms with van der Waals surface area (Å²) in [6.07, 6.45) is 2.32. The molecule has 1 atom stereocenters. The van der Waals surface area contributed by atoms with Crippen LogP contribution in [0.15, 0.2) is 34.9 Å². The van der Waals surface area contributed by atoms with Gasteiger partial charge in [0.05, 0.1) is 5.69 Å². The van der Waals surface area contributed by atoms with Gasteiger partial charge in [-0.2, -0.15) is 0 Å². The van der Waals surface area contributed by atoms with Gasteiger partial charge in [-0.15, -0.1) is 0 Å². The number of nitrogens with one attached hydrogen (secondary N) is 1. The summed E-state index contributed by atoms with van der Waals surface area (Å²) in [5, 5.41) is 6.67. The Labute approximate surface area is 134 Å². The van der Waals surface area contributed by atoms with Crippen LogP contribution in [0.4, 0.5) is 0 Å². The number of amides is 1. The Morgan fingerprint density at radius 2 is 2.04 bits per heavy atom. The Bertz CT molecular complexity index is 651. The van der Waals surface area contributed by atoms with Crippen molar-refractivity contribution in [1.29, 1.82) is 0 Å². The highest BCUT2D eigenvalue weighted by Gasteiger charge is 2.22. The van der Waals surface area contributed by atoms with Crippen LogP contribution in [-0.4, -0.2) is 23.7 Å². The van der Waals surface area contributed by atoms with Gasteiger partial charge >= 0.3 is 0 Å². The second kappa shape index (κ2) is 7.17. The minimum atomic E-state index is -0.415. The standard InChI is InChI=1S/C17H20N2O4/c1-12-10-15(23-19-12)11-21-13-5-7-14(8-6-13)22-16-4-2-3-9-18-17(16)20/h5-8,10,16H,2-4,9,11H2,1H3,(H,18,20)/t16-/m0/s1. The zero-order valence-electron chi connectivity index (χ0n) is 13.1. The highest BCUT2D eigenvalue weighted by atomic mass is 16.5. The van der Waals surface area contributed by atoms with Gasteiger partial charge in [0, 0.05) is 12.6 Å². The Morgan fingerprint density at radius 1 is 1.26 bits per heavy atom. The van der Waals surface area contributed by atoms with Crippen LogP contribution in [-0.2, 0) is 11.4 Å². The van der Waals surface area contributed by atoms with E-state index in [1.165, 1.54) is 0 Å². The Balaban J connectivity index is 1.55. The largest absolute Gasteiger partial charge is 0.486 e.